The van der Waals surface area contributed by atoms with Gasteiger partial charge in [-0.2, -0.15) is 0 Å². The number of ether oxygens (including phenoxy) is 1. The number of pyridine rings is 1. The summed E-state index contributed by atoms with van der Waals surface area (Å²) in [5.74, 6) is -0.568. The summed E-state index contributed by atoms with van der Waals surface area (Å²) in [6, 6.07) is 14.8. The van der Waals surface area contributed by atoms with Crippen LogP contribution in [0, 0.1) is 17.0 Å². The van der Waals surface area contributed by atoms with Gasteiger partial charge in [-0.3, -0.25) is 19.7 Å². The summed E-state index contributed by atoms with van der Waals surface area (Å²) in [5.41, 5.74) is 1.42. The third-order valence-electron chi connectivity index (χ3n) is 4.33. The monoisotopic (exact) mass is 393 g/mol. The number of benzene rings is 2. The number of aromatic nitrogens is 1. The Morgan fingerprint density at radius 3 is 2.66 bits per heavy atom. The molecule has 0 spiro atoms. The number of hydrogen-bond acceptors (Lipinski definition) is 5. The van der Waals surface area contributed by atoms with Gasteiger partial charge in [-0.1, -0.05) is 29.8 Å². The van der Waals surface area contributed by atoms with Crippen molar-refractivity contribution >= 4 is 17.3 Å². The number of nitrogens with one attached hydrogen (secondary N) is 1. The maximum absolute atomic E-state index is 12.7. The molecule has 0 unspecified atom stereocenters. The number of carbonyl (C=O) groups excluding carboxylic acids is 1. The first-order valence-corrected chi connectivity index (χ1v) is 8.78. The molecule has 1 aromatic heterocycles. The van der Waals surface area contributed by atoms with Gasteiger partial charge in [0.15, 0.2) is 5.75 Å². The van der Waals surface area contributed by atoms with Crippen molar-refractivity contribution in [1.29, 1.82) is 0 Å². The summed E-state index contributed by atoms with van der Waals surface area (Å²) in [7, 11) is 1.32. The Morgan fingerprint density at radius 1 is 1.17 bits per heavy atom. The van der Waals surface area contributed by atoms with E-state index >= 15 is 0 Å². The summed E-state index contributed by atoms with van der Waals surface area (Å²) in [6.45, 7) is 2.29. The molecule has 1 amide bonds. The van der Waals surface area contributed by atoms with Crippen molar-refractivity contribution in [3.8, 4) is 5.75 Å². The number of amides is 1. The molecule has 1 heterocycles. The summed E-state index contributed by atoms with van der Waals surface area (Å²) in [5, 5.41) is 13.7. The van der Waals surface area contributed by atoms with E-state index in [1.807, 2.05) is 31.2 Å². The zero-order chi connectivity index (χ0) is 21.0. The van der Waals surface area contributed by atoms with Crippen LogP contribution in [-0.2, 0) is 6.54 Å². The minimum absolute atomic E-state index is 0.0568. The molecule has 29 heavy (non-hydrogen) atoms. The maximum atomic E-state index is 12.7. The van der Waals surface area contributed by atoms with Crippen molar-refractivity contribution in [1.82, 2.24) is 4.57 Å². The summed E-state index contributed by atoms with van der Waals surface area (Å²) in [4.78, 5) is 35.9. The topological polar surface area (TPSA) is 103 Å². The van der Waals surface area contributed by atoms with Crippen LogP contribution in [0.4, 0.5) is 11.4 Å². The Bertz CT molecular complexity index is 1140. The average molecular weight is 393 g/mol. The van der Waals surface area contributed by atoms with Crippen molar-refractivity contribution in [2.24, 2.45) is 0 Å². The van der Waals surface area contributed by atoms with Crippen molar-refractivity contribution in [3.05, 3.63) is 98.0 Å². The van der Waals surface area contributed by atoms with Gasteiger partial charge in [0.25, 0.3) is 11.5 Å². The number of methoxy groups -OCH3 is 1. The number of nitro benzene ring substituents is 1. The van der Waals surface area contributed by atoms with E-state index in [-0.39, 0.29) is 22.7 Å². The van der Waals surface area contributed by atoms with Crippen LogP contribution in [0.2, 0.25) is 0 Å². The van der Waals surface area contributed by atoms with Gasteiger partial charge in [0.1, 0.15) is 5.56 Å². The van der Waals surface area contributed by atoms with E-state index in [4.69, 9.17) is 4.74 Å². The van der Waals surface area contributed by atoms with Crippen LogP contribution in [0.1, 0.15) is 21.5 Å². The zero-order valence-electron chi connectivity index (χ0n) is 15.9. The second-order valence-corrected chi connectivity index (χ2v) is 6.44. The summed E-state index contributed by atoms with van der Waals surface area (Å²) in [6.07, 6.45) is 1.61. The molecule has 0 saturated carbocycles. The number of aryl methyl sites for hydroxylation is 1. The molecule has 1 N–H and O–H groups in total. The van der Waals surface area contributed by atoms with E-state index in [1.54, 1.807) is 12.3 Å². The van der Waals surface area contributed by atoms with Gasteiger partial charge >= 0.3 is 5.69 Å². The lowest BCUT2D eigenvalue weighted by molar-refractivity contribution is -0.385. The number of hydrogen-bond donors (Lipinski definition) is 1. The first-order valence-electron chi connectivity index (χ1n) is 8.78. The molecule has 0 atom stereocenters. The molecule has 0 fully saturated rings. The lowest BCUT2D eigenvalue weighted by Crippen LogP contribution is -2.29. The first kappa shape index (κ1) is 19.8. The number of carbonyl (C=O) groups is 1. The van der Waals surface area contributed by atoms with Crippen molar-refractivity contribution in [2.45, 2.75) is 13.5 Å². The molecular weight excluding hydrogens is 374 g/mol. The normalized spacial score (nSPS) is 10.4. The molecule has 0 aliphatic heterocycles. The molecule has 3 aromatic rings. The summed E-state index contributed by atoms with van der Waals surface area (Å²) >= 11 is 0. The Balaban J connectivity index is 1.86. The van der Waals surface area contributed by atoms with Gasteiger partial charge < -0.3 is 14.6 Å². The fourth-order valence-electron chi connectivity index (χ4n) is 2.95. The minimum Gasteiger partial charge on any atom is -0.490 e. The predicted octanol–water partition coefficient (Wildman–Crippen LogP) is 3.37. The van der Waals surface area contributed by atoms with Gasteiger partial charge in [-0.05, 0) is 36.8 Å². The molecule has 0 saturated heterocycles. The van der Waals surface area contributed by atoms with Crippen LogP contribution in [0.25, 0.3) is 0 Å². The Morgan fingerprint density at radius 2 is 1.97 bits per heavy atom. The van der Waals surface area contributed by atoms with Crippen molar-refractivity contribution < 1.29 is 14.5 Å². The molecule has 148 valence electrons. The van der Waals surface area contributed by atoms with Crippen LogP contribution in [0.15, 0.2) is 65.6 Å². The molecule has 2 aromatic carbocycles. The first-order chi connectivity index (χ1) is 13.9. The van der Waals surface area contributed by atoms with Gasteiger partial charge in [-0.25, -0.2) is 0 Å². The lowest BCUT2D eigenvalue weighted by atomic mass is 10.1. The third kappa shape index (κ3) is 4.49. The van der Waals surface area contributed by atoms with Crippen LogP contribution >= 0.6 is 0 Å². The number of nitrogens with zero attached hydrogens (tertiary/aromatic N) is 2. The van der Waals surface area contributed by atoms with Gasteiger partial charge in [-0.15, -0.1) is 0 Å². The number of nitro groups is 1. The minimum atomic E-state index is -0.645. The Kier molecular flexibility index (Phi) is 5.73. The highest BCUT2D eigenvalue weighted by Gasteiger charge is 2.18. The predicted molar refractivity (Wildman–Crippen MR) is 109 cm³/mol. The van der Waals surface area contributed by atoms with E-state index < -0.39 is 16.4 Å². The molecule has 0 bridgehead atoms. The third-order valence-corrected chi connectivity index (χ3v) is 4.33. The highest BCUT2D eigenvalue weighted by Crippen LogP contribution is 2.29. The van der Waals surface area contributed by atoms with Crippen LogP contribution < -0.4 is 15.6 Å². The molecular formula is C21H19N3O5. The average Bonchev–Trinajstić information content (AvgIpc) is 2.69. The fourth-order valence-corrected chi connectivity index (χ4v) is 2.95. The molecule has 0 aliphatic rings. The van der Waals surface area contributed by atoms with E-state index in [0.717, 1.165) is 11.1 Å². The van der Waals surface area contributed by atoms with Gasteiger partial charge in [0, 0.05) is 18.0 Å². The van der Waals surface area contributed by atoms with Crippen molar-refractivity contribution in [3.63, 3.8) is 0 Å². The highest BCUT2D eigenvalue weighted by molar-refractivity contribution is 6.04. The van der Waals surface area contributed by atoms with Gasteiger partial charge in [0.2, 0.25) is 0 Å². The Labute approximate surface area is 166 Å². The van der Waals surface area contributed by atoms with Crippen LogP contribution in [0.5, 0.6) is 5.75 Å². The van der Waals surface area contributed by atoms with E-state index in [1.165, 1.54) is 35.9 Å². The Hall–Kier alpha value is -3.94. The highest BCUT2D eigenvalue weighted by atomic mass is 16.6. The standard InChI is InChI=1S/C21H19N3O5/c1-14-5-3-6-15(11-14)13-23-10-4-7-17(21(23)26)20(25)22-16-8-9-19(29-2)18(12-16)24(27)28/h3-12H,13H2,1-2H3,(H,22,25). The van der Waals surface area contributed by atoms with Gasteiger partial charge in [0.05, 0.1) is 18.6 Å². The fraction of sp³-hybridized carbons (Fsp3) is 0.143. The smallest absolute Gasteiger partial charge is 0.312 e. The molecule has 3 rings (SSSR count). The van der Waals surface area contributed by atoms with Crippen molar-refractivity contribution in [2.75, 3.05) is 12.4 Å². The van der Waals surface area contributed by atoms with Crippen LogP contribution in [-0.4, -0.2) is 22.5 Å². The summed E-state index contributed by atoms with van der Waals surface area (Å²) < 4.78 is 6.39. The number of anilines is 1. The van der Waals surface area contributed by atoms with E-state index in [0.29, 0.717) is 6.54 Å². The second kappa shape index (κ2) is 8.39. The SMILES string of the molecule is COc1ccc(NC(=O)c2cccn(Cc3cccc(C)c3)c2=O)cc1[N+](=O)[O-]. The second-order valence-electron chi connectivity index (χ2n) is 6.44. The molecule has 0 radical (unpaired) electrons. The van der Waals surface area contributed by atoms with Crippen LogP contribution in [0.3, 0.4) is 0 Å². The number of rotatable bonds is 6. The molecule has 8 heteroatoms. The maximum Gasteiger partial charge on any atom is 0.312 e. The quantitative estimate of drug-likeness (QED) is 0.511. The largest absolute Gasteiger partial charge is 0.490 e. The lowest BCUT2D eigenvalue weighted by Gasteiger charge is -2.10. The molecule has 0 aliphatic carbocycles. The van der Waals surface area contributed by atoms with E-state index in [2.05, 4.69) is 5.32 Å². The molecule has 8 nitrogen and oxygen atoms in total. The van der Waals surface area contributed by atoms with E-state index in [9.17, 15) is 19.7 Å². The zero-order valence-corrected chi connectivity index (χ0v) is 15.9.